The van der Waals surface area contributed by atoms with Crippen molar-refractivity contribution in [1.29, 1.82) is 0 Å². The zero-order chi connectivity index (χ0) is 16.6. The number of primary amides is 1. The Labute approximate surface area is 120 Å². The summed E-state index contributed by atoms with van der Waals surface area (Å²) in [5.41, 5.74) is 4.83. The molecule has 2 atom stereocenters. The Balaban J connectivity index is 4.71. The molecular formula is C11H17N3O7. The van der Waals surface area contributed by atoms with Gasteiger partial charge in [0.1, 0.15) is 12.1 Å². The van der Waals surface area contributed by atoms with E-state index in [0.29, 0.717) is 0 Å². The molecule has 2 unspecified atom stereocenters. The fourth-order valence-corrected chi connectivity index (χ4v) is 1.27. The number of aliphatic carboxylic acids is 1. The topological polar surface area (TPSA) is 165 Å². The molecular weight excluding hydrogens is 286 g/mol. The molecule has 0 aromatic heterocycles. The van der Waals surface area contributed by atoms with Crippen molar-refractivity contribution in [2.45, 2.75) is 32.4 Å². The number of esters is 1. The van der Waals surface area contributed by atoms with Gasteiger partial charge >= 0.3 is 18.0 Å². The number of hydrogen-bond donors (Lipinski definition) is 4. The van der Waals surface area contributed by atoms with Crippen LogP contribution < -0.4 is 16.4 Å². The Hall–Kier alpha value is -2.65. The average Bonchev–Trinajstić information content (AvgIpc) is 2.33. The molecule has 3 amide bonds. The number of ether oxygens (including phenoxy) is 1. The van der Waals surface area contributed by atoms with Crippen LogP contribution in [0.4, 0.5) is 4.79 Å². The Kier molecular flexibility index (Phi) is 7.43. The maximum absolute atomic E-state index is 11.7. The molecule has 5 N–H and O–H groups in total. The van der Waals surface area contributed by atoms with Crippen LogP contribution >= 0.6 is 0 Å². The molecule has 0 rings (SSSR count). The van der Waals surface area contributed by atoms with Gasteiger partial charge in [0, 0.05) is 6.92 Å². The molecule has 0 radical (unpaired) electrons. The molecule has 0 saturated carbocycles. The minimum absolute atomic E-state index is 0.662. The molecule has 0 aliphatic rings. The van der Waals surface area contributed by atoms with Crippen LogP contribution in [0, 0.1) is 0 Å². The van der Waals surface area contributed by atoms with Gasteiger partial charge in [-0.05, 0) is 6.92 Å². The summed E-state index contributed by atoms with van der Waals surface area (Å²) in [5, 5.41) is 12.9. The minimum Gasteiger partial charge on any atom is -0.481 e. The molecule has 0 saturated heterocycles. The highest BCUT2D eigenvalue weighted by atomic mass is 16.5. The number of urea groups is 1. The van der Waals surface area contributed by atoms with E-state index in [1.165, 1.54) is 6.92 Å². The molecule has 10 heteroatoms. The van der Waals surface area contributed by atoms with Crippen LogP contribution in [-0.4, -0.2) is 53.5 Å². The second-order valence-electron chi connectivity index (χ2n) is 4.14. The van der Waals surface area contributed by atoms with Gasteiger partial charge in [0.2, 0.25) is 5.91 Å². The van der Waals surface area contributed by atoms with Crippen molar-refractivity contribution in [3.63, 3.8) is 0 Å². The predicted octanol–water partition coefficient (Wildman–Crippen LogP) is -1.87. The van der Waals surface area contributed by atoms with Gasteiger partial charge in [0.25, 0.3) is 0 Å². The lowest BCUT2D eigenvalue weighted by atomic mass is 10.1. The number of rotatable bonds is 8. The summed E-state index contributed by atoms with van der Waals surface area (Å²) in [4.78, 5) is 55.3. The standard InChI is InChI=1S/C11H17N3O7/c1-5(13-11(12)20)10(19)14-7(3-9(17)18)8(16)4-21-6(2)15/h5,7H,3-4H2,1-2H3,(H,14,19)(H,17,18)(H3,12,13,20). The zero-order valence-electron chi connectivity index (χ0n) is 11.5. The van der Waals surface area contributed by atoms with E-state index >= 15 is 0 Å². The summed E-state index contributed by atoms with van der Waals surface area (Å²) in [6, 6.07) is -3.38. The highest BCUT2D eigenvalue weighted by Crippen LogP contribution is 1.98. The summed E-state index contributed by atoms with van der Waals surface area (Å²) in [5.74, 6) is -3.62. The van der Waals surface area contributed by atoms with E-state index in [0.717, 1.165) is 6.92 Å². The van der Waals surface area contributed by atoms with Crippen molar-refractivity contribution in [3.8, 4) is 0 Å². The number of Topliss-reactive ketones (excluding diaryl/α,β-unsaturated/α-hetero) is 1. The van der Waals surface area contributed by atoms with Crippen LogP contribution in [0.15, 0.2) is 0 Å². The van der Waals surface area contributed by atoms with Crippen molar-refractivity contribution in [2.75, 3.05) is 6.61 Å². The second kappa shape index (κ2) is 8.51. The van der Waals surface area contributed by atoms with Gasteiger partial charge in [-0.2, -0.15) is 0 Å². The van der Waals surface area contributed by atoms with Gasteiger partial charge in [-0.3, -0.25) is 19.2 Å². The van der Waals surface area contributed by atoms with Gasteiger partial charge < -0.3 is 26.2 Å². The number of nitrogens with two attached hydrogens (primary N) is 1. The smallest absolute Gasteiger partial charge is 0.312 e. The lowest BCUT2D eigenvalue weighted by Gasteiger charge is -2.18. The Morgan fingerprint density at radius 3 is 2.19 bits per heavy atom. The summed E-state index contributed by atoms with van der Waals surface area (Å²) in [6.45, 7) is 1.72. The first-order valence-electron chi connectivity index (χ1n) is 5.87. The Bertz CT molecular complexity index is 449. The molecule has 0 aliphatic heterocycles. The van der Waals surface area contributed by atoms with E-state index in [9.17, 15) is 24.0 Å². The van der Waals surface area contributed by atoms with Gasteiger partial charge in [-0.1, -0.05) is 0 Å². The third kappa shape index (κ3) is 8.18. The SMILES string of the molecule is CC(=O)OCC(=O)C(CC(=O)O)NC(=O)C(C)NC(N)=O. The van der Waals surface area contributed by atoms with E-state index < -0.39 is 54.8 Å². The van der Waals surface area contributed by atoms with Crippen molar-refractivity contribution in [3.05, 3.63) is 0 Å². The molecule has 118 valence electrons. The van der Waals surface area contributed by atoms with E-state index in [1.54, 1.807) is 0 Å². The van der Waals surface area contributed by atoms with Gasteiger partial charge in [0.05, 0.1) is 6.42 Å². The zero-order valence-corrected chi connectivity index (χ0v) is 11.5. The molecule has 21 heavy (non-hydrogen) atoms. The maximum atomic E-state index is 11.7. The van der Waals surface area contributed by atoms with Crippen molar-refractivity contribution >= 4 is 29.7 Å². The van der Waals surface area contributed by atoms with Crippen LogP contribution in [0.3, 0.4) is 0 Å². The minimum atomic E-state index is -1.38. The molecule has 0 fully saturated rings. The van der Waals surface area contributed by atoms with Gasteiger partial charge in [0.15, 0.2) is 12.4 Å². The van der Waals surface area contributed by atoms with E-state index in [4.69, 9.17) is 10.8 Å². The Morgan fingerprint density at radius 1 is 1.19 bits per heavy atom. The van der Waals surface area contributed by atoms with Crippen LogP contribution in [0.2, 0.25) is 0 Å². The number of carbonyl (C=O) groups is 5. The van der Waals surface area contributed by atoms with Crippen LogP contribution in [0.25, 0.3) is 0 Å². The molecule has 0 spiro atoms. The number of carbonyl (C=O) groups excluding carboxylic acids is 4. The van der Waals surface area contributed by atoms with E-state index in [2.05, 4.69) is 15.4 Å². The monoisotopic (exact) mass is 303 g/mol. The Morgan fingerprint density at radius 2 is 1.76 bits per heavy atom. The quantitative estimate of drug-likeness (QED) is 0.381. The van der Waals surface area contributed by atoms with Crippen molar-refractivity contribution < 1.29 is 33.8 Å². The summed E-state index contributed by atoms with van der Waals surface area (Å²) in [6.07, 6.45) is -0.685. The van der Waals surface area contributed by atoms with Crippen LogP contribution in [0.5, 0.6) is 0 Å². The first-order chi connectivity index (χ1) is 9.63. The molecule has 0 heterocycles. The number of carboxylic acid groups (broad SMARTS) is 1. The maximum Gasteiger partial charge on any atom is 0.312 e. The third-order valence-corrected chi connectivity index (χ3v) is 2.25. The fraction of sp³-hybridized carbons (Fsp3) is 0.545. The van der Waals surface area contributed by atoms with Crippen molar-refractivity contribution in [1.82, 2.24) is 10.6 Å². The van der Waals surface area contributed by atoms with Crippen molar-refractivity contribution in [2.24, 2.45) is 5.73 Å². The number of ketones is 1. The summed E-state index contributed by atoms with van der Waals surface area (Å²) in [7, 11) is 0. The first kappa shape index (κ1) is 18.4. The number of amides is 3. The molecule has 0 aliphatic carbocycles. The third-order valence-electron chi connectivity index (χ3n) is 2.25. The fourth-order valence-electron chi connectivity index (χ4n) is 1.27. The molecule has 0 aromatic carbocycles. The van der Waals surface area contributed by atoms with Crippen LogP contribution in [-0.2, 0) is 23.9 Å². The molecule has 0 aromatic rings. The number of carboxylic acids is 1. The highest BCUT2D eigenvalue weighted by molar-refractivity contribution is 5.95. The van der Waals surface area contributed by atoms with E-state index in [-0.39, 0.29) is 0 Å². The van der Waals surface area contributed by atoms with Gasteiger partial charge in [-0.15, -0.1) is 0 Å². The normalized spacial score (nSPS) is 12.7. The number of nitrogens with one attached hydrogen (secondary N) is 2. The summed E-state index contributed by atoms with van der Waals surface area (Å²) < 4.78 is 4.45. The lowest BCUT2D eigenvalue weighted by molar-refractivity contribution is -0.147. The summed E-state index contributed by atoms with van der Waals surface area (Å²) >= 11 is 0. The lowest BCUT2D eigenvalue weighted by Crippen LogP contribution is -2.52. The second-order valence-corrected chi connectivity index (χ2v) is 4.14. The molecule has 0 bridgehead atoms. The first-order valence-corrected chi connectivity index (χ1v) is 5.87. The average molecular weight is 303 g/mol. The van der Waals surface area contributed by atoms with Crippen LogP contribution in [0.1, 0.15) is 20.3 Å². The predicted molar refractivity (Wildman–Crippen MR) is 68.0 cm³/mol. The highest BCUT2D eigenvalue weighted by Gasteiger charge is 2.26. The van der Waals surface area contributed by atoms with E-state index in [1.807, 2.05) is 0 Å². The number of hydrogen-bond acceptors (Lipinski definition) is 6. The largest absolute Gasteiger partial charge is 0.481 e. The molecule has 10 nitrogen and oxygen atoms in total. The van der Waals surface area contributed by atoms with Gasteiger partial charge in [-0.25, -0.2) is 4.79 Å².